The van der Waals surface area contributed by atoms with Gasteiger partial charge in [0.2, 0.25) is 0 Å². The first-order chi connectivity index (χ1) is 8.00. The lowest BCUT2D eigenvalue weighted by Gasteiger charge is -2.05. The van der Waals surface area contributed by atoms with E-state index in [0.29, 0.717) is 22.3 Å². The molecule has 0 bridgehead atoms. The summed E-state index contributed by atoms with van der Waals surface area (Å²) in [6, 6.07) is 7.52. The van der Waals surface area contributed by atoms with Gasteiger partial charge in [0.25, 0.3) is 0 Å². The fourth-order valence-corrected chi connectivity index (χ4v) is 1.89. The number of hydrogen-bond acceptors (Lipinski definition) is 2. The SMILES string of the molecule is CC(I)c1ccc(C(=O)CCCC(=O)O)cc1. The van der Waals surface area contributed by atoms with Gasteiger partial charge in [0.05, 0.1) is 0 Å². The van der Waals surface area contributed by atoms with Crippen molar-refractivity contribution in [3.8, 4) is 0 Å². The Bertz CT molecular complexity index is 396. The van der Waals surface area contributed by atoms with Crippen molar-refractivity contribution in [2.45, 2.75) is 30.1 Å². The molecule has 1 aromatic rings. The number of benzene rings is 1. The number of rotatable bonds is 6. The Morgan fingerprint density at radius 1 is 1.24 bits per heavy atom. The summed E-state index contributed by atoms with van der Waals surface area (Å²) in [5.41, 5.74) is 1.85. The van der Waals surface area contributed by atoms with E-state index in [1.807, 2.05) is 24.3 Å². The molecular weight excluding hydrogens is 331 g/mol. The lowest BCUT2D eigenvalue weighted by atomic mass is 10.0. The highest BCUT2D eigenvalue weighted by Crippen LogP contribution is 2.22. The number of hydrogen-bond donors (Lipinski definition) is 1. The number of carbonyl (C=O) groups is 2. The van der Waals surface area contributed by atoms with Gasteiger partial charge in [-0.15, -0.1) is 0 Å². The van der Waals surface area contributed by atoms with Gasteiger partial charge in [-0.3, -0.25) is 9.59 Å². The van der Waals surface area contributed by atoms with Crippen LogP contribution in [0, 0.1) is 0 Å². The summed E-state index contributed by atoms with van der Waals surface area (Å²) in [4.78, 5) is 22.0. The van der Waals surface area contributed by atoms with Crippen molar-refractivity contribution in [1.29, 1.82) is 0 Å². The highest BCUT2D eigenvalue weighted by molar-refractivity contribution is 14.1. The number of carbonyl (C=O) groups excluding carboxylic acids is 1. The second-order valence-corrected chi connectivity index (χ2v) is 5.78. The lowest BCUT2D eigenvalue weighted by molar-refractivity contribution is -0.137. The molecular formula is C13H15IO3. The average Bonchev–Trinajstić information content (AvgIpc) is 2.28. The quantitative estimate of drug-likeness (QED) is 0.486. The first-order valence-corrected chi connectivity index (χ1v) is 6.74. The van der Waals surface area contributed by atoms with Gasteiger partial charge in [-0.1, -0.05) is 46.9 Å². The molecule has 1 N–H and O–H groups in total. The van der Waals surface area contributed by atoms with Gasteiger partial charge in [-0.05, 0) is 18.9 Å². The molecule has 92 valence electrons. The van der Waals surface area contributed by atoms with Gasteiger partial charge in [-0.2, -0.15) is 0 Å². The Kier molecular flexibility index (Phi) is 5.61. The van der Waals surface area contributed by atoms with Crippen molar-refractivity contribution < 1.29 is 14.7 Å². The van der Waals surface area contributed by atoms with Crippen LogP contribution in [0.25, 0.3) is 0 Å². The van der Waals surface area contributed by atoms with Gasteiger partial charge in [-0.25, -0.2) is 0 Å². The number of carboxylic acids is 1. The van der Waals surface area contributed by atoms with E-state index in [9.17, 15) is 9.59 Å². The van der Waals surface area contributed by atoms with E-state index < -0.39 is 5.97 Å². The van der Waals surface area contributed by atoms with Crippen LogP contribution in [-0.4, -0.2) is 16.9 Å². The average molecular weight is 346 g/mol. The van der Waals surface area contributed by atoms with Gasteiger partial charge in [0.1, 0.15) is 0 Å². The van der Waals surface area contributed by atoms with Gasteiger partial charge in [0, 0.05) is 22.3 Å². The van der Waals surface area contributed by atoms with Crippen LogP contribution in [0.3, 0.4) is 0 Å². The predicted molar refractivity (Wildman–Crippen MR) is 74.7 cm³/mol. The first kappa shape index (κ1) is 14.2. The zero-order chi connectivity index (χ0) is 12.8. The third-order valence-corrected chi connectivity index (χ3v) is 3.21. The standard InChI is InChI=1S/C13H15IO3/c1-9(14)10-5-7-11(8-6-10)12(15)3-2-4-13(16)17/h5-9H,2-4H2,1H3,(H,16,17). The van der Waals surface area contributed by atoms with Crippen LogP contribution in [0.15, 0.2) is 24.3 Å². The molecule has 0 spiro atoms. The largest absolute Gasteiger partial charge is 0.481 e. The van der Waals surface area contributed by atoms with Crippen LogP contribution >= 0.6 is 22.6 Å². The van der Waals surface area contributed by atoms with E-state index >= 15 is 0 Å². The molecule has 0 fully saturated rings. The molecule has 0 saturated carbocycles. The van der Waals surface area contributed by atoms with E-state index in [1.54, 1.807) is 0 Å². The van der Waals surface area contributed by atoms with Crippen LogP contribution in [0.2, 0.25) is 0 Å². The summed E-state index contributed by atoms with van der Waals surface area (Å²) in [5.74, 6) is -0.842. The zero-order valence-corrected chi connectivity index (χ0v) is 11.8. The van der Waals surface area contributed by atoms with E-state index in [4.69, 9.17) is 5.11 Å². The Hall–Kier alpha value is -0.910. The van der Waals surface area contributed by atoms with E-state index in [2.05, 4.69) is 29.5 Å². The number of ketones is 1. The second-order valence-electron chi connectivity index (χ2n) is 3.91. The maximum Gasteiger partial charge on any atom is 0.303 e. The molecule has 0 heterocycles. The van der Waals surface area contributed by atoms with Crippen molar-refractivity contribution >= 4 is 34.3 Å². The molecule has 0 amide bonds. The number of Topliss-reactive ketones (excluding diaryl/α,β-unsaturated/α-hetero) is 1. The molecule has 17 heavy (non-hydrogen) atoms. The van der Waals surface area contributed by atoms with E-state index in [-0.39, 0.29) is 12.2 Å². The summed E-state index contributed by atoms with van der Waals surface area (Å²) in [6.45, 7) is 2.09. The monoisotopic (exact) mass is 346 g/mol. The molecule has 0 aromatic heterocycles. The highest BCUT2D eigenvalue weighted by atomic mass is 127. The topological polar surface area (TPSA) is 54.4 Å². The van der Waals surface area contributed by atoms with Crippen molar-refractivity contribution in [2.24, 2.45) is 0 Å². The van der Waals surface area contributed by atoms with Crippen LogP contribution in [-0.2, 0) is 4.79 Å². The normalized spacial score (nSPS) is 12.1. The van der Waals surface area contributed by atoms with Crippen LogP contribution in [0.1, 0.15) is 46.0 Å². The van der Waals surface area contributed by atoms with Gasteiger partial charge >= 0.3 is 5.97 Å². The van der Waals surface area contributed by atoms with Crippen molar-refractivity contribution in [2.75, 3.05) is 0 Å². The lowest BCUT2D eigenvalue weighted by Crippen LogP contribution is -2.02. The highest BCUT2D eigenvalue weighted by Gasteiger charge is 2.08. The molecule has 0 radical (unpaired) electrons. The first-order valence-electron chi connectivity index (χ1n) is 5.49. The van der Waals surface area contributed by atoms with Crippen molar-refractivity contribution in [3.63, 3.8) is 0 Å². The van der Waals surface area contributed by atoms with Crippen molar-refractivity contribution in [3.05, 3.63) is 35.4 Å². The summed E-state index contributed by atoms with van der Waals surface area (Å²) < 4.78 is 0.420. The minimum Gasteiger partial charge on any atom is -0.481 e. The Labute approximate surface area is 114 Å². The molecule has 0 saturated heterocycles. The molecule has 0 aliphatic heterocycles. The number of carboxylic acid groups (broad SMARTS) is 1. The maximum absolute atomic E-state index is 11.7. The van der Waals surface area contributed by atoms with E-state index in [0.717, 1.165) is 0 Å². The third kappa shape index (κ3) is 4.85. The van der Waals surface area contributed by atoms with Gasteiger partial charge in [0.15, 0.2) is 5.78 Å². The van der Waals surface area contributed by atoms with Crippen LogP contribution < -0.4 is 0 Å². The van der Waals surface area contributed by atoms with Crippen LogP contribution in [0.4, 0.5) is 0 Å². The molecule has 1 aromatic carbocycles. The van der Waals surface area contributed by atoms with E-state index in [1.165, 1.54) is 5.56 Å². The third-order valence-electron chi connectivity index (χ3n) is 2.49. The summed E-state index contributed by atoms with van der Waals surface area (Å²) in [7, 11) is 0. The second kappa shape index (κ2) is 6.74. The minimum atomic E-state index is -0.855. The molecule has 0 aliphatic carbocycles. The van der Waals surface area contributed by atoms with Crippen LogP contribution in [0.5, 0.6) is 0 Å². The molecule has 1 atom stereocenters. The molecule has 0 aliphatic rings. The fraction of sp³-hybridized carbons (Fsp3) is 0.385. The predicted octanol–water partition coefficient (Wildman–Crippen LogP) is 3.62. The summed E-state index contributed by atoms with van der Waals surface area (Å²) in [5, 5.41) is 8.48. The Morgan fingerprint density at radius 3 is 2.29 bits per heavy atom. The Morgan fingerprint density at radius 2 is 1.82 bits per heavy atom. The molecule has 3 nitrogen and oxygen atoms in total. The number of alkyl halides is 1. The molecule has 1 unspecified atom stereocenters. The molecule has 4 heteroatoms. The minimum absolute atomic E-state index is 0.0129. The Balaban J connectivity index is 2.54. The number of halogens is 1. The summed E-state index contributed by atoms with van der Waals surface area (Å²) >= 11 is 2.32. The molecule has 1 rings (SSSR count). The zero-order valence-electron chi connectivity index (χ0n) is 9.65. The fourth-order valence-electron chi connectivity index (χ4n) is 1.48. The summed E-state index contributed by atoms with van der Waals surface area (Å²) in [6.07, 6.45) is 0.749. The van der Waals surface area contributed by atoms with Gasteiger partial charge < -0.3 is 5.11 Å². The smallest absolute Gasteiger partial charge is 0.303 e. The van der Waals surface area contributed by atoms with Crippen molar-refractivity contribution in [1.82, 2.24) is 0 Å². The number of aliphatic carboxylic acids is 1. The maximum atomic E-state index is 11.7.